The van der Waals surface area contributed by atoms with E-state index in [4.69, 9.17) is 4.74 Å². The van der Waals surface area contributed by atoms with E-state index in [0.29, 0.717) is 17.9 Å². The van der Waals surface area contributed by atoms with Gasteiger partial charge in [-0.2, -0.15) is 0 Å². The van der Waals surface area contributed by atoms with Crippen LogP contribution in [-0.4, -0.2) is 31.7 Å². The number of hydrogen-bond donors (Lipinski definition) is 2. The molecule has 1 aliphatic heterocycles. The van der Waals surface area contributed by atoms with E-state index in [-0.39, 0.29) is 5.91 Å². The molecular weight excluding hydrogens is 330 g/mol. The normalized spacial score (nSPS) is 13.3. The average molecular weight is 353 g/mol. The van der Waals surface area contributed by atoms with Crippen LogP contribution in [0.15, 0.2) is 48.5 Å². The van der Waals surface area contributed by atoms with Crippen LogP contribution in [0.4, 0.5) is 21.9 Å². The fourth-order valence-electron chi connectivity index (χ4n) is 3.03. The Hall–Kier alpha value is -3.02. The number of nitrogens with one attached hydrogen (secondary N) is 2. The van der Waals surface area contributed by atoms with Gasteiger partial charge in [0.2, 0.25) is 0 Å². The van der Waals surface area contributed by atoms with Crippen LogP contribution in [0.5, 0.6) is 0 Å². The molecule has 1 saturated heterocycles. The van der Waals surface area contributed by atoms with Gasteiger partial charge in [0.25, 0.3) is 5.91 Å². The molecule has 136 valence electrons. The second kappa shape index (κ2) is 8.38. The predicted octanol–water partition coefficient (Wildman–Crippen LogP) is 4.11. The van der Waals surface area contributed by atoms with Gasteiger partial charge in [0.15, 0.2) is 0 Å². The van der Waals surface area contributed by atoms with Gasteiger partial charge in [-0.25, -0.2) is 4.79 Å². The van der Waals surface area contributed by atoms with Crippen LogP contribution in [-0.2, 0) is 4.74 Å². The van der Waals surface area contributed by atoms with Gasteiger partial charge in [0.05, 0.1) is 18.0 Å². The van der Waals surface area contributed by atoms with Gasteiger partial charge in [-0.15, -0.1) is 0 Å². The first kappa shape index (κ1) is 17.8. The molecule has 0 aromatic heterocycles. The van der Waals surface area contributed by atoms with Crippen molar-refractivity contribution in [3.05, 3.63) is 54.1 Å². The van der Waals surface area contributed by atoms with Gasteiger partial charge < -0.3 is 15.0 Å². The molecule has 2 aromatic rings. The Morgan fingerprint density at radius 1 is 1.04 bits per heavy atom. The van der Waals surface area contributed by atoms with Crippen molar-refractivity contribution in [2.75, 3.05) is 35.2 Å². The SMILES string of the molecule is CCOC(=O)Nc1cccc(C(=O)Nc2ccccc2N2CCCC2)c1. The van der Waals surface area contributed by atoms with Crippen LogP contribution in [0.25, 0.3) is 0 Å². The second-order valence-corrected chi connectivity index (χ2v) is 6.09. The van der Waals surface area contributed by atoms with Crippen molar-refractivity contribution in [3.63, 3.8) is 0 Å². The maximum absolute atomic E-state index is 12.7. The molecule has 0 radical (unpaired) electrons. The lowest BCUT2D eigenvalue weighted by atomic mass is 10.1. The van der Waals surface area contributed by atoms with Crippen LogP contribution in [0.1, 0.15) is 30.1 Å². The molecule has 0 unspecified atom stereocenters. The Labute approximate surface area is 153 Å². The van der Waals surface area contributed by atoms with Gasteiger partial charge in [-0.3, -0.25) is 10.1 Å². The number of carbonyl (C=O) groups is 2. The number of nitrogens with zero attached hydrogens (tertiary/aromatic N) is 1. The number of hydrogen-bond acceptors (Lipinski definition) is 4. The van der Waals surface area contributed by atoms with Crippen molar-refractivity contribution >= 4 is 29.1 Å². The lowest BCUT2D eigenvalue weighted by Crippen LogP contribution is -2.21. The van der Waals surface area contributed by atoms with Crippen LogP contribution in [0.3, 0.4) is 0 Å². The number of para-hydroxylation sites is 2. The maximum atomic E-state index is 12.7. The molecule has 0 aliphatic carbocycles. The second-order valence-electron chi connectivity index (χ2n) is 6.09. The number of carbonyl (C=O) groups excluding carboxylic acids is 2. The minimum Gasteiger partial charge on any atom is -0.450 e. The van der Waals surface area contributed by atoms with Crippen LogP contribution in [0, 0.1) is 0 Å². The third kappa shape index (κ3) is 4.33. The molecule has 1 heterocycles. The highest BCUT2D eigenvalue weighted by Gasteiger charge is 2.17. The van der Waals surface area contributed by atoms with Gasteiger partial charge in [0.1, 0.15) is 0 Å². The average Bonchev–Trinajstić information content (AvgIpc) is 3.17. The summed E-state index contributed by atoms with van der Waals surface area (Å²) in [6.07, 6.45) is 1.80. The standard InChI is InChI=1S/C20H23N3O3/c1-2-26-20(25)21-16-9-7-8-15(14-16)19(24)22-17-10-3-4-11-18(17)23-12-5-6-13-23/h3-4,7-11,14H,2,5-6,12-13H2,1H3,(H,21,25)(H,22,24). The van der Waals surface area contributed by atoms with Crippen LogP contribution < -0.4 is 15.5 Å². The Bertz CT molecular complexity index is 785. The molecule has 3 rings (SSSR count). The number of ether oxygens (including phenoxy) is 1. The van der Waals surface area contributed by atoms with Crippen LogP contribution in [0.2, 0.25) is 0 Å². The summed E-state index contributed by atoms with van der Waals surface area (Å²) in [5.41, 5.74) is 2.82. The number of benzene rings is 2. The minimum atomic E-state index is -0.538. The van der Waals surface area contributed by atoms with Gasteiger partial charge >= 0.3 is 6.09 Å². The predicted molar refractivity (Wildman–Crippen MR) is 103 cm³/mol. The summed E-state index contributed by atoms with van der Waals surface area (Å²) in [4.78, 5) is 26.5. The molecule has 2 aromatic carbocycles. The molecule has 0 spiro atoms. The fourth-order valence-corrected chi connectivity index (χ4v) is 3.03. The summed E-state index contributed by atoms with van der Waals surface area (Å²) in [7, 11) is 0. The topological polar surface area (TPSA) is 70.7 Å². The number of rotatable bonds is 5. The minimum absolute atomic E-state index is 0.218. The third-order valence-electron chi connectivity index (χ3n) is 4.25. The highest BCUT2D eigenvalue weighted by atomic mass is 16.5. The molecule has 6 nitrogen and oxygen atoms in total. The molecule has 1 aliphatic rings. The van der Waals surface area contributed by atoms with Crippen LogP contribution >= 0.6 is 0 Å². The molecule has 0 atom stereocenters. The summed E-state index contributed by atoms with van der Waals surface area (Å²) in [6, 6.07) is 14.6. The first-order valence-corrected chi connectivity index (χ1v) is 8.86. The van der Waals surface area contributed by atoms with E-state index < -0.39 is 6.09 Å². The zero-order valence-corrected chi connectivity index (χ0v) is 14.8. The fraction of sp³-hybridized carbons (Fsp3) is 0.300. The summed E-state index contributed by atoms with van der Waals surface area (Å²) in [5, 5.41) is 5.59. The molecule has 6 heteroatoms. The number of amides is 2. The quantitative estimate of drug-likeness (QED) is 0.849. The van der Waals surface area contributed by atoms with Crippen molar-refractivity contribution in [2.24, 2.45) is 0 Å². The Kier molecular flexibility index (Phi) is 5.73. The largest absolute Gasteiger partial charge is 0.450 e. The summed E-state index contributed by atoms with van der Waals surface area (Å²) in [5.74, 6) is -0.218. The molecule has 0 bridgehead atoms. The van der Waals surface area contributed by atoms with E-state index in [1.54, 1.807) is 31.2 Å². The van der Waals surface area contributed by atoms with Gasteiger partial charge in [-0.05, 0) is 50.1 Å². The lowest BCUT2D eigenvalue weighted by molar-refractivity contribution is 0.102. The first-order valence-electron chi connectivity index (χ1n) is 8.86. The van der Waals surface area contributed by atoms with E-state index in [1.807, 2.05) is 24.3 Å². The lowest BCUT2D eigenvalue weighted by Gasteiger charge is -2.21. The zero-order valence-electron chi connectivity index (χ0n) is 14.8. The monoisotopic (exact) mass is 353 g/mol. The Balaban J connectivity index is 1.73. The van der Waals surface area contributed by atoms with E-state index in [2.05, 4.69) is 15.5 Å². The van der Waals surface area contributed by atoms with Crippen molar-refractivity contribution in [2.45, 2.75) is 19.8 Å². The number of anilines is 3. The summed E-state index contributed by atoms with van der Waals surface area (Å²) >= 11 is 0. The van der Waals surface area contributed by atoms with E-state index in [1.165, 1.54) is 12.8 Å². The van der Waals surface area contributed by atoms with E-state index in [0.717, 1.165) is 24.5 Å². The maximum Gasteiger partial charge on any atom is 0.411 e. The first-order chi connectivity index (χ1) is 12.7. The van der Waals surface area contributed by atoms with Crippen molar-refractivity contribution in [3.8, 4) is 0 Å². The van der Waals surface area contributed by atoms with Crippen molar-refractivity contribution in [1.82, 2.24) is 0 Å². The van der Waals surface area contributed by atoms with Crippen molar-refractivity contribution in [1.29, 1.82) is 0 Å². The zero-order chi connectivity index (χ0) is 18.4. The molecular formula is C20H23N3O3. The van der Waals surface area contributed by atoms with E-state index in [9.17, 15) is 9.59 Å². The van der Waals surface area contributed by atoms with E-state index >= 15 is 0 Å². The third-order valence-corrected chi connectivity index (χ3v) is 4.25. The van der Waals surface area contributed by atoms with Gasteiger partial charge in [-0.1, -0.05) is 18.2 Å². The Morgan fingerprint density at radius 3 is 2.58 bits per heavy atom. The molecule has 1 fully saturated rings. The molecule has 2 amide bonds. The molecule has 26 heavy (non-hydrogen) atoms. The molecule has 2 N–H and O–H groups in total. The smallest absolute Gasteiger partial charge is 0.411 e. The van der Waals surface area contributed by atoms with Crippen molar-refractivity contribution < 1.29 is 14.3 Å². The highest BCUT2D eigenvalue weighted by molar-refractivity contribution is 6.06. The highest BCUT2D eigenvalue weighted by Crippen LogP contribution is 2.29. The van der Waals surface area contributed by atoms with Gasteiger partial charge in [0, 0.05) is 24.3 Å². The Morgan fingerprint density at radius 2 is 1.81 bits per heavy atom. The summed E-state index contributed by atoms with van der Waals surface area (Å²) < 4.78 is 4.86. The molecule has 0 saturated carbocycles. The summed E-state index contributed by atoms with van der Waals surface area (Å²) in [6.45, 7) is 4.04.